The first-order valence-electron chi connectivity index (χ1n) is 8.02. The normalized spacial score (nSPS) is 20.6. The largest absolute Gasteiger partial charge is 0.496 e. The maximum absolute atomic E-state index is 5.44. The molecule has 0 aliphatic carbocycles. The molecule has 1 aliphatic rings. The molecule has 0 bridgehead atoms. The van der Waals surface area contributed by atoms with Crippen LogP contribution in [0.4, 0.5) is 0 Å². The van der Waals surface area contributed by atoms with E-state index in [4.69, 9.17) is 4.74 Å². The second kappa shape index (κ2) is 8.92. The van der Waals surface area contributed by atoms with Crippen LogP contribution in [0.15, 0.2) is 54.6 Å². The second-order valence-corrected chi connectivity index (χ2v) is 5.78. The van der Waals surface area contributed by atoms with E-state index in [2.05, 4.69) is 53.1 Å². The fourth-order valence-electron chi connectivity index (χ4n) is 3.21. The zero-order chi connectivity index (χ0) is 15.2. The van der Waals surface area contributed by atoms with Crippen molar-refractivity contribution in [3.05, 3.63) is 65.7 Å². The van der Waals surface area contributed by atoms with Crippen LogP contribution in [0.1, 0.15) is 30.0 Å². The van der Waals surface area contributed by atoms with Crippen molar-refractivity contribution in [3.63, 3.8) is 0 Å². The van der Waals surface area contributed by atoms with Crippen molar-refractivity contribution in [1.82, 2.24) is 10.6 Å². The van der Waals surface area contributed by atoms with Crippen LogP contribution in [0.5, 0.6) is 5.75 Å². The van der Waals surface area contributed by atoms with Gasteiger partial charge in [0, 0.05) is 24.2 Å². The van der Waals surface area contributed by atoms with Gasteiger partial charge in [0.25, 0.3) is 0 Å². The molecule has 2 aromatic carbocycles. The Balaban J connectivity index is 0.00000192. The molecule has 2 N–H and O–H groups in total. The molecule has 2 atom stereocenters. The van der Waals surface area contributed by atoms with Gasteiger partial charge in [-0.3, -0.25) is 0 Å². The van der Waals surface area contributed by atoms with E-state index in [1.165, 1.54) is 24.0 Å². The van der Waals surface area contributed by atoms with Gasteiger partial charge in [-0.15, -0.1) is 12.4 Å². The van der Waals surface area contributed by atoms with E-state index in [9.17, 15) is 0 Å². The summed E-state index contributed by atoms with van der Waals surface area (Å²) >= 11 is 0. The monoisotopic (exact) mass is 332 g/mol. The molecule has 1 fully saturated rings. The van der Waals surface area contributed by atoms with E-state index in [-0.39, 0.29) is 12.4 Å². The third-order valence-electron chi connectivity index (χ3n) is 4.36. The summed E-state index contributed by atoms with van der Waals surface area (Å²) in [5.74, 6) is 0.954. The van der Waals surface area contributed by atoms with Crippen LogP contribution in [0.2, 0.25) is 0 Å². The van der Waals surface area contributed by atoms with Gasteiger partial charge in [0.2, 0.25) is 0 Å². The lowest BCUT2D eigenvalue weighted by Gasteiger charge is -2.34. The average Bonchev–Trinajstić information content (AvgIpc) is 2.61. The smallest absolute Gasteiger partial charge is 0.123 e. The molecule has 4 heteroatoms. The van der Waals surface area contributed by atoms with Gasteiger partial charge in [-0.05, 0) is 31.0 Å². The predicted molar refractivity (Wildman–Crippen MR) is 97.3 cm³/mol. The fourth-order valence-corrected chi connectivity index (χ4v) is 3.21. The highest BCUT2D eigenvalue weighted by Gasteiger charge is 2.25. The van der Waals surface area contributed by atoms with Crippen molar-refractivity contribution in [3.8, 4) is 5.75 Å². The lowest BCUT2D eigenvalue weighted by molar-refractivity contribution is 0.303. The average molecular weight is 333 g/mol. The molecular weight excluding hydrogens is 308 g/mol. The summed E-state index contributed by atoms with van der Waals surface area (Å²) in [4.78, 5) is 0. The molecule has 3 rings (SSSR count). The maximum Gasteiger partial charge on any atom is 0.123 e. The third-order valence-corrected chi connectivity index (χ3v) is 4.36. The highest BCUT2D eigenvalue weighted by Crippen LogP contribution is 2.25. The fraction of sp³-hybridized carbons (Fsp3) is 0.368. The molecule has 0 saturated carbocycles. The number of piperidine rings is 1. The predicted octanol–water partition coefficient (Wildman–Crippen LogP) is 3.70. The number of methoxy groups -OCH3 is 1. The van der Waals surface area contributed by atoms with E-state index in [0.717, 1.165) is 18.8 Å². The first-order valence-corrected chi connectivity index (χ1v) is 8.02. The Kier molecular flexibility index (Phi) is 6.90. The Bertz CT molecular complexity index is 591. The zero-order valence-corrected chi connectivity index (χ0v) is 14.3. The number of hydrogen-bond acceptors (Lipinski definition) is 3. The maximum atomic E-state index is 5.44. The minimum atomic E-state index is 0. The molecule has 1 saturated heterocycles. The van der Waals surface area contributed by atoms with E-state index >= 15 is 0 Å². The molecule has 0 unspecified atom stereocenters. The number of para-hydroxylation sites is 1. The van der Waals surface area contributed by atoms with Crippen molar-refractivity contribution in [2.45, 2.75) is 31.5 Å². The van der Waals surface area contributed by atoms with E-state index < -0.39 is 0 Å². The van der Waals surface area contributed by atoms with Crippen LogP contribution in [-0.4, -0.2) is 19.7 Å². The van der Waals surface area contributed by atoms with Crippen molar-refractivity contribution in [2.24, 2.45) is 0 Å². The van der Waals surface area contributed by atoms with Gasteiger partial charge in [-0.2, -0.15) is 0 Å². The summed E-state index contributed by atoms with van der Waals surface area (Å²) in [6, 6.07) is 19.8. The third kappa shape index (κ3) is 4.47. The highest BCUT2D eigenvalue weighted by molar-refractivity contribution is 5.85. The van der Waals surface area contributed by atoms with Gasteiger partial charge in [0.15, 0.2) is 0 Å². The molecule has 0 aromatic heterocycles. The van der Waals surface area contributed by atoms with Gasteiger partial charge in [0.1, 0.15) is 5.75 Å². The van der Waals surface area contributed by atoms with E-state index in [0.29, 0.717) is 12.1 Å². The summed E-state index contributed by atoms with van der Waals surface area (Å²) < 4.78 is 5.44. The van der Waals surface area contributed by atoms with Crippen molar-refractivity contribution < 1.29 is 4.74 Å². The number of benzene rings is 2. The van der Waals surface area contributed by atoms with Gasteiger partial charge in [0.05, 0.1) is 7.11 Å². The Morgan fingerprint density at radius 3 is 2.61 bits per heavy atom. The molecule has 3 nitrogen and oxygen atoms in total. The van der Waals surface area contributed by atoms with Crippen LogP contribution >= 0.6 is 12.4 Å². The molecule has 0 spiro atoms. The van der Waals surface area contributed by atoms with Crippen LogP contribution in [0, 0.1) is 0 Å². The molecule has 0 radical (unpaired) electrons. The minimum absolute atomic E-state index is 0. The summed E-state index contributed by atoms with van der Waals surface area (Å²) in [6.07, 6.45) is 2.41. The highest BCUT2D eigenvalue weighted by atomic mass is 35.5. The van der Waals surface area contributed by atoms with Gasteiger partial charge in [-0.1, -0.05) is 48.5 Å². The quantitative estimate of drug-likeness (QED) is 0.876. The molecule has 1 heterocycles. The summed E-state index contributed by atoms with van der Waals surface area (Å²) in [5.41, 5.74) is 2.57. The summed E-state index contributed by atoms with van der Waals surface area (Å²) in [5, 5.41) is 7.38. The molecule has 0 amide bonds. The molecule has 2 aromatic rings. The lowest BCUT2D eigenvalue weighted by Crippen LogP contribution is -2.45. The van der Waals surface area contributed by atoms with E-state index in [1.54, 1.807) is 7.11 Å². The van der Waals surface area contributed by atoms with Crippen LogP contribution in [-0.2, 0) is 6.54 Å². The number of nitrogens with one attached hydrogen (secondary N) is 2. The SMILES string of the molecule is COc1ccccc1CN[C@H]1CCCN[C@H]1c1ccccc1.Cl. The lowest BCUT2D eigenvalue weighted by atomic mass is 9.92. The molecule has 1 aliphatic heterocycles. The van der Waals surface area contributed by atoms with Crippen molar-refractivity contribution in [1.29, 1.82) is 0 Å². The number of rotatable bonds is 5. The van der Waals surface area contributed by atoms with Gasteiger partial charge in [-0.25, -0.2) is 0 Å². The second-order valence-electron chi connectivity index (χ2n) is 5.78. The van der Waals surface area contributed by atoms with Crippen molar-refractivity contribution in [2.75, 3.05) is 13.7 Å². The van der Waals surface area contributed by atoms with Crippen LogP contribution < -0.4 is 15.4 Å². The Morgan fingerprint density at radius 1 is 1.09 bits per heavy atom. The Hall–Kier alpha value is -1.55. The Morgan fingerprint density at radius 2 is 1.83 bits per heavy atom. The molecule has 124 valence electrons. The molecule has 23 heavy (non-hydrogen) atoms. The number of hydrogen-bond donors (Lipinski definition) is 2. The first kappa shape index (κ1) is 17.8. The van der Waals surface area contributed by atoms with Crippen LogP contribution in [0.3, 0.4) is 0 Å². The number of ether oxygens (including phenoxy) is 1. The number of halogens is 1. The molecular formula is C19H25ClN2O. The standard InChI is InChI=1S/C19H24N2O.ClH/c1-22-18-12-6-5-10-16(18)14-21-17-11-7-13-20-19(17)15-8-3-2-4-9-15;/h2-6,8-10,12,17,19-21H,7,11,13-14H2,1H3;1H/t17-,19-;/m0./s1. The van der Waals surface area contributed by atoms with E-state index in [1.807, 2.05) is 12.1 Å². The van der Waals surface area contributed by atoms with Crippen molar-refractivity contribution >= 4 is 12.4 Å². The minimum Gasteiger partial charge on any atom is -0.496 e. The summed E-state index contributed by atoms with van der Waals surface area (Å²) in [6.45, 7) is 1.92. The van der Waals surface area contributed by atoms with Crippen LogP contribution in [0.25, 0.3) is 0 Å². The topological polar surface area (TPSA) is 33.3 Å². The zero-order valence-electron chi connectivity index (χ0n) is 13.5. The van der Waals surface area contributed by atoms with Gasteiger partial charge < -0.3 is 15.4 Å². The first-order chi connectivity index (χ1) is 10.9. The van der Waals surface area contributed by atoms with Gasteiger partial charge >= 0.3 is 0 Å². The summed E-state index contributed by atoms with van der Waals surface area (Å²) in [7, 11) is 1.73. The Labute approximate surface area is 144 Å².